The summed E-state index contributed by atoms with van der Waals surface area (Å²) < 4.78 is 25.8. The van der Waals surface area contributed by atoms with E-state index in [1.54, 1.807) is 13.2 Å². The second-order valence-corrected chi connectivity index (χ2v) is 12.3. The van der Waals surface area contributed by atoms with E-state index in [9.17, 15) is 9.18 Å². The summed E-state index contributed by atoms with van der Waals surface area (Å²) in [7, 11) is 1.88. The van der Waals surface area contributed by atoms with Crippen LogP contribution in [0.5, 0.6) is 5.75 Å². The quantitative estimate of drug-likeness (QED) is 0.0892. The van der Waals surface area contributed by atoms with Crippen LogP contribution in [-0.2, 0) is 22.7 Å². The molecule has 0 aromatic heterocycles. The number of methoxy groups -OCH3 is 1. The van der Waals surface area contributed by atoms with Gasteiger partial charge < -0.3 is 9.47 Å². The fourth-order valence-electron chi connectivity index (χ4n) is 5.17. The molecule has 4 aromatic carbocycles. The number of benzene rings is 4. The van der Waals surface area contributed by atoms with E-state index in [1.807, 2.05) is 12.1 Å². The molecule has 0 spiro atoms. The third-order valence-electron chi connectivity index (χ3n) is 7.21. The molecular weight excluding hydrogens is 518 g/mol. The fourth-order valence-corrected chi connectivity index (χ4v) is 6.83. The van der Waals surface area contributed by atoms with Crippen molar-refractivity contribution in [2.24, 2.45) is 0 Å². The summed E-state index contributed by atoms with van der Waals surface area (Å²) >= 11 is 0. The smallest absolute Gasteiger partial charge is 0.188 e. The summed E-state index contributed by atoms with van der Waals surface area (Å²) in [4.78, 5) is 11.9. The van der Waals surface area contributed by atoms with Crippen molar-refractivity contribution in [3.8, 4) is 5.75 Å². The van der Waals surface area contributed by atoms with Gasteiger partial charge in [0.25, 0.3) is 0 Å². The van der Waals surface area contributed by atoms with Crippen LogP contribution in [-0.4, -0.2) is 20.2 Å². The summed E-state index contributed by atoms with van der Waals surface area (Å²) in [6.45, 7) is 4.58. The van der Waals surface area contributed by atoms with Crippen LogP contribution >= 0.6 is 8.58 Å². The highest BCUT2D eigenvalue weighted by molar-refractivity contribution is 7.48. The maximum atomic E-state index is 14.0. The molecule has 0 fully saturated rings. The lowest BCUT2D eigenvalue weighted by atomic mass is 9.87. The Morgan fingerprint density at radius 1 is 0.875 bits per heavy atom. The maximum absolute atomic E-state index is 14.0. The van der Waals surface area contributed by atoms with E-state index in [4.69, 9.17) is 9.47 Å². The molecule has 0 aliphatic carbocycles. The lowest BCUT2D eigenvalue weighted by Crippen LogP contribution is -2.23. The van der Waals surface area contributed by atoms with Crippen LogP contribution in [0.25, 0.3) is 0 Å². The summed E-state index contributed by atoms with van der Waals surface area (Å²) in [5.74, 6) is 0.438. The van der Waals surface area contributed by atoms with E-state index >= 15 is 0 Å². The minimum atomic E-state index is -0.398. The van der Waals surface area contributed by atoms with Crippen molar-refractivity contribution in [3.05, 3.63) is 130 Å². The number of hydrogen-bond donors (Lipinski definition) is 0. The first-order valence-corrected chi connectivity index (χ1v) is 14.8. The predicted octanol–water partition coefficient (Wildman–Crippen LogP) is 8.21. The molecule has 0 saturated heterocycles. The van der Waals surface area contributed by atoms with Gasteiger partial charge in [-0.1, -0.05) is 114 Å². The Bertz CT molecular complexity index is 1390. The van der Waals surface area contributed by atoms with E-state index in [1.165, 1.54) is 28.8 Å². The largest absolute Gasteiger partial charge is 0.467 e. The molecule has 2 unspecified atom stereocenters. The predicted molar refractivity (Wildman–Crippen MR) is 164 cm³/mol. The van der Waals surface area contributed by atoms with Crippen LogP contribution < -0.4 is 10.0 Å². The van der Waals surface area contributed by atoms with Gasteiger partial charge in [-0.15, -0.1) is 0 Å². The zero-order valence-electron chi connectivity index (χ0n) is 23.6. The van der Waals surface area contributed by atoms with Crippen LogP contribution in [0.3, 0.4) is 0 Å². The second kappa shape index (κ2) is 14.3. The maximum Gasteiger partial charge on any atom is 0.188 e. The minimum Gasteiger partial charge on any atom is -0.467 e. The van der Waals surface area contributed by atoms with Gasteiger partial charge in [-0.05, 0) is 52.5 Å². The number of ether oxygens (including phenoxy) is 2. The monoisotopic (exact) mass is 556 g/mol. The Balaban J connectivity index is 1.90. The van der Waals surface area contributed by atoms with Gasteiger partial charge in [-0.25, -0.2) is 4.39 Å². The number of rotatable bonds is 14. The zero-order valence-corrected chi connectivity index (χ0v) is 24.6. The van der Waals surface area contributed by atoms with Crippen molar-refractivity contribution in [3.63, 3.8) is 0 Å². The molecule has 4 rings (SSSR count). The van der Waals surface area contributed by atoms with Gasteiger partial charge in [0.1, 0.15) is 11.6 Å². The molecular formula is C35H38FO3P. The first kappa shape index (κ1) is 29.6. The highest BCUT2D eigenvalue weighted by Crippen LogP contribution is 2.50. The van der Waals surface area contributed by atoms with E-state index in [0.717, 1.165) is 60.6 Å². The van der Waals surface area contributed by atoms with Gasteiger partial charge in [-0.2, -0.15) is 0 Å². The Labute approximate surface area is 239 Å². The van der Waals surface area contributed by atoms with Crippen molar-refractivity contribution in [1.29, 1.82) is 0 Å². The number of halogens is 1. The lowest BCUT2D eigenvalue weighted by molar-refractivity contribution is 0.0493. The van der Waals surface area contributed by atoms with Crippen molar-refractivity contribution in [2.75, 3.05) is 13.9 Å². The Morgan fingerprint density at radius 3 is 2.17 bits per heavy atom. The van der Waals surface area contributed by atoms with Crippen molar-refractivity contribution in [2.45, 2.75) is 51.1 Å². The number of aldehydes is 1. The molecule has 0 bridgehead atoms. The van der Waals surface area contributed by atoms with Gasteiger partial charge in [0.05, 0.1) is 0 Å². The molecule has 0 heterocycles. The Kier molecular flexibility index (Phi) is 10.6. The molecule has 0 aliphatic rings. The van der Waals surface area contributed by atoms with E-state index in [-0.39, 0.29) is 20.5 Å². The highest BCUT2D eigenvalue weighted by atomic mass is 31.1. The first-order chi connectivity index (χ1) is 19.5. The normalized spacial score (nSPS) is 12.9. The van der Waals surface area contributed by atoms with Crippen molar-refractivity contribution in [1.82, 2.24) is 0 Å². The fraction of sp³-hybridized carbons (Fsp3) is 0.286. The molecule has 0 amide bonds. The van der Waals surface area contributed by atoms with E-state index in [0.29, 0.717) is 5.56 Å². The number of carbonyl (C=O) groups is 1. The molecule has 4 aromatic rings. The lowest BCUT2D eigenvalue weighted by Gasteiger charge is -2.34. The summed E-state index contributed by atoms with van der Waals surface area (Å²) in [5.41, 5.74) is 6.27. The topological polar surface area (TPSA) is 35.5 Å². The molecule has 208 valence electrons. The van der Waals surface area contributed by atoms with E-state index in [2.05, 4.69) is 74.5 Å². The number of carbonyl (C=O) groups excluding carboxylic acids is 1. The molecule has 0 saturated carbocycles. The SMILES string of the molecule is CCCCC(C)(Pc1ccc(F)cc1C=O)c1cc(Cc2ccccc2)cc(Cc2ccccc2)c1OCOC. The van der Waals surface area contributed by atoms with Gasteiger partial charge in [-0.3, -0.25) is 4.79 Å². The third-order valence-corrected chi connectivity index (χ3v) is 9.01. The van der Waals surface area contributed by atoms with Crippen LogP contribution in [0.15, 0.2) is 91.0 Å². The Morgan fingerprint density at radius 2 is 1.55 bits per heavy atom. The minimum absolute atomic E-state index is 0.135. The molecule has 0 radical (unpaired) electrons. The summed E-state index contributed by atoms with van der Waals surface area (Å²) in [6.07, 6.45) is 5.24. The molecule has 3 nitrogen and oxygen atoms in total. The van der Waals surface area contributed by atoms with Crippen LogP contribution in [0.4, 0.5) is 4.39 Å². The first-order valence-electron chi connectivity index (χ1n) is 13.8. The van der Waals surface area contributed by atoms with Crippen LogP contribution in [0.1, 0.15) is 71.3 Å². The molecule has 0 N–H and O–H groups in total. The number of hydrogen-bond acceptors (Lipinski definition) is 3. The van der Waals surface area contributed by atoms with Crippen molar-refractivity contribution >= 4 is 20.2 Å². The van der Waals surface area contributed by atoms with Gasteiger partial charge in [0.15, 0.2) is 13.1 Å². The van der Waals surface area contributed by atoms with Crippen molar-refractivity contribution < 1.29 is 18.7 Å². The van der Waals surface area contributed by atoms with Gasteiger partial charge >= 0.3 is 0 Å². The van der Waals surface area contributed by atoms with Crippen LogP contribution in [0, 0.1) is 5.82 Å². The molecule has 2 atom stereocenters. The summed E-state index contributed by atoms with van der Waals surface area (Å²) in [5, 5.41) is 0.526. The highest BCUT2D eigenvalue weighted by Gasteiger charge is 2.33. The van der Waals surface area contributed by atoms with Crippen LogP contribution in [0.2, 0.25) is 0 Å². The molecule has 5 heteroatoms. The average molecular weight is 557 g/mol. The molecule has 0 aliphatic heterocycles. The van der Waals surface area contributed by atoms with Gasteiger partial charge in [0, 0.05) is 29.8 Å². The average Bonchev–Trinajstić information content (AvgIpc) is 2.97. The Hall–Kier alpha value is -3.33. The number of unbranched alkanes of at least 4 members (excludes halogenated alkanes) is 1. The van der Waals surface area contributed by atoms with Gasteiger partial charge in [0.2, 0.25) is 0 Å². The standard InChI is InChI=1S/C35H38FO3P/c1-4-5-18-35(2,40-33-17-16-31(36)23-30(33)24-37)32-22-28(19-26-12-8-6-9-13-26)21-29(34(32)39-25-38-3)20-27-14-10-7-11-15-27/h6-17,21-24,40H,4-5,18-20,25H2,1-3H3. The second-order valence-electron chi connectivity index (χ2n) is 10.4. The third kappa shape index (κ3) is 7.65. The summed E-state index contributed by atoms with van der Waals surface area (Å²) in [6, 6.07) is 30.0. The molecule has 40 heavy (non-hydrogen) atoms. The van der Waals surface area contributed by atoms with E-state index < -0.39 is 5.82 Å². The zero-order chi connectivity index (χ0) is 28.4.